The molecule has 1 aliphatic rings. The summed E-state index contributed by atoms with van der Waals surface area (Å²) in [7, 11) is 1.72. The molecule has 2 aromatic heterocycles. The number of likely N-dealkylation sites (tertiary alicyclic amines) is 1. The third-order valence-corrected chi connectivity index (χ3v) is 7.85. The van der Waals surface area contributed by atoms with Crippen molar-refractivity contribution in [1.29, 1.82) is 0 Å². The Morgan fingerprint density at radius 1 is 1.18 bits per heavy atom. The number of piperidine rings is 1. The molecule has 1 atom stereocenters. The summed E-state index contributed by atoms with van der Waals surface area (Å²) in [6.07, 6.45) is 2.33. The Morgan fingerprint density at radius 2 is 2.06 bits per heavy atom. The van der Waals surface area contributed by atoms with Crippen molar-refractivity contribution in [3.8, 4) is 11.4 Å². The second-order valence-electron chi connectivity index (χ2n) is 8.70. The summed E-state index contributed by atoms with van der Waals surface area (Å²) >= 11 is 7.70. The second kappa shape index (κ2) is 9.85. The molecule has 0 N–H and O–H groups in total. The zero-order chi connectivity index (χ0) is 22.8. The molecular formula is C25H29N5OS2. The van der Waals surface area contributed by atoms with Gasteiger partial charge in [0.05, 0.1) is 35.0 Å². The van der Waals surface area contributed by atoms with Crippen LogP contribution in [0.3, 0.4) is 0 Å². The zero-order valence-corrected chi connectivity index (χ0v) is 20.7. The molecule has 5 rings (SSSR count). The molecule has 0 bridgehead atoms. The Morgan fingerprint density at radius 3 is 2.88 bits per heavy atom. The van der Waals surface area contributed by atoms with Crippen LogP contribution in [0.5, 0.6) is 0 Å². The number of aryl methyl sites for hydroxylation is 1. The van der Waals surface area contributed by atoms with Gasteiger partial charge in [-0.3, -0.25) is 9.47 Å². The van der Waals surface area contributed by atoms with Crippen molar-refractivity contribution < 1.29 is 4.74 Å². The van der Waals surface area contributed by atoms with Gasteiger partial charge in [-0.25, -0.2) is 9.67 Å². The molecule has 1 fully saturated rings. The number of fused-ring (bicyclic) bond motifs is 1. The van der Waals surface area contributed by atoms with Gasteiger partial charge in [-0.15, -0.1) is 11.3 Å². The first kappa shape index (κ1) is 22.4. The molecule has 1 aliphatic heterocycles. The van der Waals surface area contributed by atoms with Gasteiger partial charge >= 0.3 is 0 Å². The van der Waals surface area contributed by atoms with Gasteiger partial charge in [0.25, 0.3) is 0 Å². The normalized spacial score (nSPS) is 17.1. The van der Waals surface area contributed by atoms with Crippen LogP contribution in [-0.4, -0.2) is 51.0 Å². The second-order valence-corrected chi connectivity index (χ2v) is 10.1. The minimum absolute atomic E-state index is 0.456. The molecule has 2 aromatic carbocycles. The SMILES string of the molecule is COCCn1c(-c2cccc(C)c2)nn(CN2CCC[C@H](c3nc4ccccc4s3)C2)c1=S. The van der Waals surface area contributed by atoms with E-state index >= 15 is 0 Å². The summed E-state index contributed by atoms with van der Waals surface area (Å²) in [6.45, 7) is 6.11. The van der Waals surface area contributed by atoms with Crippen LogP contribution in [0.15, 0.2) is 48.5 Å². The van der Waals surface area contributed by atoms with Crippen molar-refractivity contribution in [2.75, 3.05) is 26.8 Å². The molecule has 3 heterocycles. The first-order valence-electron chi connectivity index (χ1n) is 11.4. The van der Waals surface area contributed by atoms with Gasteiger partial charge in [-0.1, -0.05) is 35.9 Å². The lowest BCUT2D eigenvalue weighted by Gasteiger charge is -2.31. The number of benzene rings is 2. The predicted molar refractivity (Wildman–Crippen MR) is 136 cm³/mol. The third-order valence-electron chi connectivity index (χ3n) is 6.22. The molecular weight excluding hydrogens is 450 g/mol. The lowest BCUT2D eigenvalue weighted by atomic mass is 9.99. The van der Waals surface area contributed by atoms with Crippen molar-refractivity contribution in [3.05, 3.63) is 63.9 Å². The first-order chi connectivity index (χ1) is 16.1. The Bertz CT molecular complexity index is 1270. The van der Waals surface area contributed by atoms with Crippen LogP contribution in [0.2, 0.25) is 0 Å². The number of methoxy groups -OCH3 is 1. The summed E-state index contributed by atoms with van der Waals surface area (Å²) < 4.78 is 11.4. The Kier molecular flexibility index (Phi) is 6.69. The number of para-hydroxylation sites is 1. The Labute approximate surface area is 203 Å². The van der Waals surface area contributed by atoms with E-state index in [-0.39, 0.29) is 0 Å². The van der Waals surface area contributed by atoms with Crippen molar-refractivity contribution in [3.63, 3.8) is 0 Å². The van der Waals surface area contributed by atoms with Crippen molar-refractivity contribution >= 4 is 33.8 Å². The van der Waals surface area contributed by atoms with E-state index in [1.807, 2.05) is 16.0 Å². The molecule has 33 heavy (non-hydrogen) atoms. The standard InChI is InChI=1S/C25H29N5OS2/c1-18-7-5-8-19(15-18)23-27-30(25(32)29(23)13-14-31-2)17-28-12-6-9-20(16-28)24-26-21-10-3-4-11-22(21)33-24/h3-5,7-8,10-11,15,20H,6,9,12-14,16-17H2,1-2H3/t20-/m0/s1. The maximum Gasteiger partial charge on any atom is 0.199 e. The van der Waals surface area contributed by atoms with Gasteiger partial charge in [0, 0.05) is 25.1 Å². The lowest BCUT2D eigenvalue weighted by molar-refractivity contribution is 0.155. The van der Waals surface area contributed by atoms with Crippen LogP contribution in [0.4, 0.5) is 0 Å². The van der Waals surface area contributed by atoms with E-state index in [9.17, 15) is 0 Å². The van der Waals surface area contributed by atoms with E-state index in [2.05, 4.69) is 64.9 Å². The Balaban J connectivity index is 1.39. The average molecular weight is 480 g/mol. The maximum atomic E-state index is 5.86. The largest absolute Gasteiger partial charge is 0.383 e. The van der Waals surface area contributed by atoms with Gasteiger partial charge < -0.3 is 4.74 Å². The lowest BCUT2D eigenvalue weighted by Crippen LogP contribution is -2.36. The highest BCUT2D eigenvalue weighted by Crippen LogP contribution is 2.33. The number of thiazole rings is 1. The fourth-order valence-electron chi connectivity index (χ4n) is 4.55. The summed E-state index contributed by atoms with van der Waals surface area (Å²) in [5.74, 6) is 1.36. The van der Waals surface area contributed by atoms with E-state index in [0.29, 0.717) is 25.7 Å². The van der Waals surface area contributed by atoms with Gasteiger partial charge in [0.2, 0.25) is 0 Å². The predicted octanol–water partition coefficient (Wildman–Crippen LogP) is 5.48. The topological polar surface area (TPSA) is 48.1 Å². The minimum Gasteiger partial charge on any atom is -0.383 e. The molecule has 4 aromatic rings. The van der Waals surface area contributed by atoms with Crippen LogP contribution in [0, 0.1) is 11.7 Å². The third kappa shape index (κ3) is 4.80. The number of ether oxygens (including phenoxy) is 1. The van der Waals surface area contributed by atoms with Crippen LogP contribution in [0.25, 0.3) is 21.6 Å². The number of aromatic nitrogens is 4. The van der Waals surface area contributed by atoms with E-state index < -0.39 is 0 Å². The molecule has 0 aliphatic carbocycles. The molecule has 0 spiro atoms. The van der Waals surface area contributed by atoms with E-state index in [1.165, 1.54) is 21.7 Å². The highest BCUT2D eigenvalue weighted by molar-refractivity contribution is 7.71. The van der Waals surface area contributed by atoms with E-state index in [0.717, 1.165) is 41.2 Å². The molecule has 6 nitrogen and oxygen atoms in total. The number of rotatable bonds is 7. The summed E-state index contributed by atoms with van der Waals surface area (Å²) in [6, 6.07) is 16.9. The average Bonchev–Trinajstić information content (AvgIpc) is 3.39. The molecule has 0 saturated carbocycles. The maximum absolute atomic E-state index is 5.86. The molecule has 172 valence electrons. The Hall–Kier alpha value is -2.39. The molecule has 8 heteroatoms. The minimum atomic E-state index is 0.456. The first-order valence-corrected chi connectivity index (χ1v) is 12.7. The summed E-state index contributed by atoms with van der Waals surface area (Å²) in [5, 5.41) is 6.21. The van der Waals surface area contributed by atoms with Crippen LogP contribution < -0.4 is 0 Å². The summed E-state index contributed by atoms with van der Waals surface area (Å²) in [5.41, 5.74) is 3.40. The molecule has 0 unspecified atom stereocenters. The molecule has 1 saturated heterocycles. The highest BCUT2D eigenvalue weighted by Gasteiger charge is 2.25. The van der Waals surface area contributed by atoms with Gasteiger partial charge in [-0.2, -0.15) is 5.10 Å². The van der Waals surface area contributed by atoms with Crippen LogP contribution >= 0.6 is 23.6 Å². The monoisotopic (exact) mass is 479 g/mol. The zero-order valence-electron chi connectivity index (χ0n) is 19.1. The fraction of sp³-hybridized carbons (Fsp3) is 0.400. The van der Waals surface area contributed by atoms with Crippen molar-refractivity contribution in [2.24, 2.45) is 0 Å². The van der Waals surface area contributed by atoms with Crippen molar-refractivity contribution in [2.45, 2.75) is 38.9 Å². The smallest absolute Gasteiger partial charge is 0.199 e. The van der Waals surface area contributed by atoms with E-state index in [1.54, 1.807) is 7.11 Å². The highest BCUT2D eigenvalue weighted by atomic mass is 32.1. The van der Waals surface area contributed by atoms with Gasteiger partial charge in [0.15, 0.2) is 10.6 Å². The van der Waals surface area contributed by atoms with Gasteiger partial charge in [-0.05, 0) is 56.7 Å². The van der Waals surface area contributed by atoms with Gasteiger partial charge in [0.1, 0.15) is 0 Å². The fourth-order valence-corrected chi connectivity index (χ4v) is 5.92. The van der Waals surface area contributed by atoms with Crippen molar-refractivity contribution in [1.82, 2.24) is 24.2 Å². The number of nitrogens with zero attached hydrogens (tertiary/aromatic N) is 5. The quantitative estimate of drug-likeness (QED) is 0.328. The molecule has 0 radical (unpaired) electrons. The number of hydrogen-bond acceptors (Lipinski definition) is 6. The van der Waals surface area contributed by atoms with Crippen LogP contribution in [0.1, 0.15) is 29.3 Å². The van der Waals surface area contributed by atoms with Crippen LogP contribution in [-0.2, 0) is 18.0 Å². The summed E-state index contributed by atoms with van der Waals surface area (Å²) in [4.78, 5) is 7.39. The number of hydrogen-bond donors (Lipinski definition) is 0. The molecule has 0 amide bonds. The van der Waals surface area contributed by atoms with E-state index in [4.69, 9.17) is 27.0 Å².